The van der Waals surface area contributed by atoms with Gasteiger partial charge in [-0.15, -0.1) is 0 Å². The van der Waals surface area contributed by atoms with Gasteiger partial charge in [-0.05, 0) is 42.8 Å². The largest absolute Gasteiger partial charge is 0.377 e. The summed E-state index contributed by atoms with van der Waals surface area (Å²) in [7, 11) is 0. The fourth-order valence-corrected chi connectivity index (χ4v) is 2.32. The number of hydrogen-bond donors (Lipinski definition) is 1. The lowest BCUT2D eigenvalue weighted by Crippen LogP contribution is -2.07. The van der Waals surface area contributed by atoms with Crippen LogP contribution >= 0.6 is 23.2 Å². The summed E-state index contributed by atoms with van der Waals surface area (Å²) in [5.74, 6) is -0.788. The van der Waals surface area contributed by atoms with Gasteiger partial charge in [-0.2, -0.15) is 0 Å². The van der Waals surface area contributed by atoms with Gasteiger partial charge in [-0.3, -0.25) is 0 Å². The molecule has 0 heterocycles. The molecule has 1 unspecified atom stereocenters. The maximum atomic E-state index is 13.0. The first-order valence-electron chi connectivity index (χ1n) is 5.64. The average Bonchev–Trinajstić information content (AvgIpc) is 2.32. The molecule has 0 saturated heterocycles. The van der Waals surface area contributed by atoms with Gasteiger partial charge < -0.3 is 5.32 Å². The molecule has 1 N–H and O–H groups in total. The first kappa shape index (κ1) is 14.1. The van der Waals surface area contributed by atoms with E-state index in [0.29, 0.717) is 10.7 Å². The summed E-state index contributed by atoms with van der Waals surface area (Å²) in [5, 5.41) is 3.72. The molecule has 0 spiro atoms. The third-order valence-electron chi connectivity index (χ3n) is 2.73. The van der Waals surface area contributed by atoms with Crippen LogP contribution in [-0.2, 0) is 0 Å². The summed E-state index contributed by atoms with van der Waals surface area (Å²) in [5.41, 5.74) is 1.33. The van der Waals surface area contributed by atoms with Gasteiger partial charge in [0.25, 0.3) is 0 Å². The average molecular weight is 302 g/mol. The zero-order valence-electron chi connectivity index (χ0n) is 10.1. The molecule has 0 aliphatic carbocycles. The van der Waals surface area contributed by atoms with Crippen LogP contribution in [0.25, 0.3) is 0 Å². The number of hydrogen-bond acceptors (Lipinski definition) is 1. The van der Waals surface area contributed by atoms with E-state index in [4.69, 9.17) is 23.2 Å². The second kappa shape index (κ2) is 5.76. The fourth-order valence-electron chi connectivity index (χ4n) is 1.77. The Morgan fingerprint density at radius 2 is 1.53 bits per heavy atom. The minimum absolute atomic E-state index is 0.184. The third kappa shape index (κ3) is 3.37. The molecular weight excluding hydrogens is 291 g/mol. The van der Waals surface area contributed by atoms with E-state index in [2.05, 4.69) is 5.32 Å². The van der Waals surface area contributed by atoms with E-state index >= 15 is 0 Å². The molecule has 0 aliphatic heterocycles. The zero-order valence-corrected chi connectivity index (χ0v) is 11.6. The molecule has 0 aromatic heterocycles. The highest BCUT2D eigenvalue weighted by Crippen LogP contribution is 2.30. The number of anilines is 1. The van der Waals surface area contributed by atoms with Gasteiger partial charge in [0.1, 0.15) is 11.6 Å². The van der Waals surface area contributed by atoms with E-state index in [1.807, 2.05) is 6.92 Å². The molecule has 0 fully saturated rings. The molecule has 0 bridgehead atoms. The minimum Gasteiger partial charge on any atom is -0.377 e. The van der Waals surface area contributed by atoms with Crippen molar-refractivity contribution in [2.75, 3.05) is 5.32 Å². The lowest BCUT2D eigenvalue weighted by molar-refractivity contribution is 0.626. The molecule has 1 atom stereocenters. The van der Waals surface area contributed by atoms with E-state index in [9.17, 15) is 8.78 Å². The van der Waals surface area contributed by atoms with Crippen LogP contribution in [0.4, 0.5) is 14.5 Å². The second-order valence-corrected chi connectivity index (χ2v) is 4.97. The lowest BCUT2D eigenvalue weighted by Gasteiger charge is -2.18. The van der Waals surface area contributed by atoms with Crippen LogP contribution in [-0.4, -0.2) is 0 Å². The monoisotopic (exact) mass is 301 g/mol. The Bertz CT molecular complexity index is 602. The summed E-state index contributed by atoms with van der Waals surface area (Å²) in [6.07, 6.45) is 0. The van der Waals surface area contributed by atoms with Crippen molar-refractivity contribution in [3.8, 4) is 0 Å². The predicted molar refractivity (Wildman–Crippen MR) is 74.9 cm³/mol. The fraction of sp³-hybridized carbons (Fsp3) is 0.143. The van der Waals surface area contributed by atoms with E-state index in [1.54, 1.807) is 12.1 Å². The van der Waals surface area contributed by atoms with E-state index in [0.717, 1.165) is 5.56 Å². The van der Waals surface area contributed by atoms with Gasteiger partial charge in [0, 0.05) is 5.02 Å². The van der Waals surface area contributed by atoms with Crippen LogP contribution in [0, 0.1) is 11.6 Å². The molecule has 19 heavy (non-hydrogen) atoms. The lowest BCUT2D eigenvalue weighted by atomic mass is 10.1. The van der Waals surface area contributed by atoms with Crippen LogP contribution in [0.5, 0.6) is 0 Å². The standard InChI is InChI=1S/C14H11Cl2F2N/c1-8(11-4-2-9(17)6-12(11)15)19-14-5-3-10(18)7-13(14)16/h2-8,19H,1H3. The van der Waals surface area contributed by atoms with Gasteiger partial charge >= 0.3 is 0 Å². The van der Waals surface area contributed by atoms with Crippen molar-refractivity contribution < 1.29 is 8.78 Å². The number of benzene rings is 2. The summed E-state index contributed by atoms with van der Waals surface area (Å²) < 4.78 is 25.9. The Hall–Kier alpha value is -1.32. The summed E-state index contributed by atoms with van der Waals surface area (Å²) in [6, 6.07) is 8.09. The molecule has 0 saturated carbocycles. The van der Waals surface area contributed by atoms with Gasteiger partial charge in [0.05, 0.1) is 16.8 Å². The van der Waals surface area contributed by atoms with Crippen LogP contribution in [0.3, 0.4) is 0 Å². The Morgan fingerprint density at radius 1 is 0.947 bits per heavy atom. The molecule has 2 aromatic carbocycles. The number of nitrogens with one attached hydrogen (secondary N) is 1. The molecule has 0 amide bonds. The first-order valence-corrected chi connectivity index (χ1v) is 6.39. The second-order valence-electron chi connectivity index (χ2n) is 4.16. The SMILES string of the molecule is CC(Nc1ccc(F)cc1Cl)c1ccc(F)cc1Cl. The number of halogens is 4. The molecule has 2 rings (SSSR count). The van der Waals surface area contributed by atoms with Gasteiger partial charge in [0.2, 0.25) is 0 Å². The van der Waals surface area contributed by atoms with Crippen molar-refractivity contribution >= 4 is 28.9 Å². The van der Waals surface area contributed by atoms with Crippen LogP contribution < -0.4 is 5.32 Å². The third-order valence-corrected chi connectivity index (χ3v) is 3.37. The van der Waals surface area contributed by atoms with Crippen molar-refractivity contribution in [1.82, 2.24) is 0 Å². The molecule has 2 aromatic rings. The Labute approximate surface area is 120 Å². The zero-order chi connectivity index (χ0) is 14.0. The Morgan fingerprint density at radius 3 is 2.11 bits per heavy atom. The Balaban J connectivity index is 2.23. The summed E-state index contributed by atoms with van der Waals surface area (Å²) >= 11 is 11.9. The normalized spacial score (nSPS) is 12.3. The summed E-state index contributed by atoms with van der Waals surface area (Å²) in [4.78, 5) is 0. The maximum Gasteiger partial charge on any atom is 0.124 e. The molecule has 5 heteroatoms. The molecule has 1 nitrogen and oxygen atoms in total. The van der Waals surface area contributed by atoms with Crippen molar-refractivity contribution in [1.29, 1.82) is 0 Å². The molecular formula is C14H11Cl2F2N. The van der Waals surface area contributed by atoms with Gasteiger partial charge in [-0.1, -0.05) is 29.3 Å². The van der Waals surface area contributed by atoms with Crippen LogP contribution in [0.15, 0.2) is 36.4 Å². The highest BCUT2D eigenvalue weighted by molar-refractivity contribution is 6.33. The van der Waals surface area contributed by atoms with E-state index in [-0.39, 0.29) is 16.9 Å². The first-order chi connectivity index (χ1) is 8.97. The minimum atomic E-state index is -0.400. The highest BCUT2D eigenvalue weighted by atomic mass is 35.5. The topological polar surface area (TPSA) is 12.0 Å². The van der Waals surface area contributed by atoms with Crippen LogP contribution in [0.1, 0.15) is 18.5 Å². The van der Waals surface area contributed by atoms with Crippen molar-refractivity contribution in [2.45, 2.75) is 13.0 Å². The smallest absolute Gasteiger partial charge is 0.124 e. The summed E-state index contributed by atoms with van der Waals surface area (Å²) in [6.45, 7) is 1.86. The van der Waals surface area contributed by atoms with Crippen molar-refractivity contribution in [3.63, 3.8) is 0 Å². The highest BCUT2D eigenvalue weighted by Gasteiger charge is 2.12. The predicted octanol–water partition coefficient (Wildman–Crippen LogP) is 5.44. The molecule has 0 aliphatic rings. The maximum absolute atomic E-state index is 13.0. The quantitative estimate of drug-likeness (QED) is 0.795. The molecule has 0 radical (unpaired) electrons. The van der Waals surface area contributed by atoms with Crippen LogP contribution in [0.2, 0.25) is 10.0 Å². The van der Waals surface area contributed by atoms with E-state index < -0.39 is 5.82 Å². The van der Waals surface area contributed by atoms with E-state index in [1.165, 1.54) is 24.3 Å². The molecule has 100 valence electrons. The van der Waals surface area contributed by atoms with Crippen molar-refractivity contribution in [2.24, 2.45) is 0 Å². The van der Waals surface area contributed by atoms with Gasteiger partial charge in [-0.25, -0.2) is 8.78 Å². The Kier molecular flexibility index (Phi) is 4.27. The van der Waals surface area contributed by atoms with Gasteiger partial charge in [0.15, 0.2) is 0 Å². The number of rotatable bonds is 3. The van der Waals surface area contributed by atoms with Crippen molar-refractivity contribution in [3.05, 3.63) is 63.6 Å².